The molecule has 0 saturated carbocycles. The number of nitrogens with one attached hydrogen (secondary N) is 1. The summed E-state index contributed by atoms with van der Waals surface area (Å²) in [5.74, 6) is -0.981. The molecule has 2 aromatic rings. The minimum absolute atomic E-state index is 0.193. The number of aromatic nitrogens is 1. The van der Waals surface area contributed by atoms with Crippen LogP contribution in [-0.2, 0) is 11.2 Å². The van der Waals surface area contributed by atoms with E-state index in [-0.39, 0.29) is 17.6 Å². The third kappa shape index (κ3) is 3.84. The number of fused-ring (bicyclic) bond motifs is 1. The predicted octanol–water partition coefficient (Wildman–Crippen LogP) is 2.81. The zero-order valence-electron chi connectivity index (χ0n) is 11.8. The molecule has 0 atom stereocenters. The highest BCUT2D eigenvalue weighted by molar-refractivity contribution is 5.79. The number of unbranched alkanes of at least 4 members (excludes halogenated alkanes) is 3. The molecule has 0 aliphatic heterocycles. The average Bonchev–Trinajstić information content (AvgIpc) is 2.47. The molecule has 1 heterocycles. The van der Waals surface area contributed by atoms with Crippen molar-refractivity contribution in [2.24, 2.45) is 0 Å². The van der Waals surface area contributed by atoms with Gasteiger partial charge in [0.15, 0.2) is 5.75 Å². The minimum atomic E-state index is -0.772. The largest absolute Gasteiger partial charge is 0.503 e. The van der Waals surface area contributed by atoms with Crippen molar-refractivity contribution < 1.29 is 15.0 Å². The first-order chi connectivity index (χ1) is 10.1. The molecular formula is C16H19NO4. The number of hydrogen-bond donors (Lipinski definition) is 3. The van der Waals surface area contributed by atoms with Gasteiger partial charge in [0.25, 0.3) is 0 Å². The minimum Gasteiger partial charge on any atom is -0.503 e. The number of para-hydroxylation sites is 1. The molecule has 3 N–H and O–H groups in total. The van der Waals surface area contributed by atoms with Crippen LogP contribution in [0.25, 0.3) is 10.9 Å². The Kier molecular flexibility index (Phi) is 4.98. The van der Waals surface area contributed by atoms with Crippen LogP contribution in [-0.4, -0.2) is 21.2 Å². The number of aromatic amines is 1. The third-order valence-electron chi connectivity index (χ3n) is 3.53. The normalized spacial score (nSPS) is 10.9. The highest BCUT2D eigenvalue weighted by atomic mass is 16.4. The summed E-state index contributed by atoms with van der Waals surface area (Å²) in [6.45, 7) is 0. The summed E-state index contributed by atoms with van der Waals surface area (Å²) in [5, 5.41) is 19.0. The third-order valence-corrected chi connectivity index (χ3v) is 3.53. The summed E-state index contributed by atoms with van der Waals surface area (Å²) in [6, 6.07) is 7.10. The second kappa shape index (κ2) is 6.92. The number of hydrogen-bond acceptors (Lipinski definition) is 3. The fourth-order valence-electron chi connectivity index (χ4n) is 2.39. The summed E-state index contributed by atoms with van der Waals surface area (Å²) in [6.07, 6.45) is 3.96. The van der Waals surface area contributed by atoms with Crippen LogP contribution in [0.15, 0.2) is 29.1 Å². The molecule has 0 spiro atoms. The van der Waals surface area contributed by atoms with Crippen LogP contribution in [0.1, 0.15) is 37.8 Å². The fourth-order valence-corrected chi connectivity index (χ4v) is 2.39. The molecule has 1 aromatic heterocycles. The van der Waals surface area contributed by atoms with Gasteiger partial charge in [0, 0.05) is 17.3 Å². The highest BCUT2D eigenvalue weighted by Gasteiger charge is 2.10. The second-order valence-electron chi connectivity index (χ2n) is 5.13. The van der Waals surface area contributed by atoms with E-state index in [1.165, 1.54) is 0 Å². The molecule has 2 rings (SSSR count). The van der Waals surface area contributed by atoms with Crippen LogP contribution in [0, 0.1) is 0 Å². The van der Waals surface area contributed by atoms with E-state index in [1.807, 2.05) is 12.1 Å². The Hall–Kier alpha value is -2.30. The van der Waals surface area contributed by atoms with Crippen LogP contribution < -0.4 is 5.43 Å². The topological polar surface area (TPSA) is 90.4 Å². The molecular weight excluding hydrogens is 270 g/mol. The van der Waals surface area contributed by atoms with Gasteiger partial charge in [-0.3, -0.25) is 9.59 Å². The maximum absolute atomic E-state index is 12.0. The van der Waals surface area contributed by atoms with Gasteiger partial charge >= 0.3 is 5.97 Å². The van der Waals surface area contributed by atoms with E-state index >= 15 is 0 Å². The molecule has 5 heteroatoms. The van der Waals surface area contributed by atoms with Crippen LogP contribution in [0.5, 0.6) is 5.75 Å². The van der Waals surface area contributed by atoms with E-state index < -0.39 is 5.97 Å². The van der Waals surface area contributed by atoms with Gasteiger partial charge in [-0.15, -0.1) is 0 Å². The van der Waals surface area contributed by atoms with Gasteiger partial charge in [0.2, 0.25) is 5.43 Å². The van der Waals surface area contributed by atoms with Crippen LogP contribution in [0.4, 0.5) is 0 Å². The Morgan fingerprint density at radius 2 is 1.81 bits per heavy atom. The molecule has 0 saturated heterocycles. The van der Waals surface area contributed by atoms with Gasteiger partial charge in [0.05, 0.1) is 5.69 Å². The molecule has 0 unspecified atom stereocenters. The van der Waals surface area contributed by atoms with Crippen LogP contribution in [0.2, 0.25) is 0 Å². The molecule has 0 radical (unpaired) electrons. The Morgan fingerprint density at radius 1 is 1.10 bits per heavy atom. The average molecular weight is 289 g/mol. The van der Waals surface area contributed by atoms with Crippen LogP contribution >= 0.6 is 0 Å². The van der Waals surface area contributed by atoms with E-state index in [0.717, 1.165) is 24.8 Å². The summed E-state index contributed by atoms with van der Waals surface area (Å²) >= 11 is 0. The second-order valence-corrected chi connectivity index (χ2v) is 5.13. The number of carbonyl (C=O) groups is 1. The quantitative estimate of drug-likeness (QED) is 0.684. The first-order valence-corrected chi connectivity index (χ1v) is 7.14. The number of aryl methyl sites for hydroxylation is 1. The van der Waals surface area contributed by atoms with E-state index in [9.17, 15) is 14.7 Å². The standard InChI is InChI=1S/C16H19NO4/c18-14(19)10-4-2-1-3-9-13-16(21)15(20)11-7-5-6-8-12(11)17-13/h5-8,21H,1-4,9-10H2,(H,17,20)(H,18,19). The number of carboxylic acid groups (broad SMARTS) is 1. The molecule has 5 nitrogen and oxygen atoms in total. The molecule has 112 valence electrons. The zero-order valence-corrected chi connectivity index (χ0v) is 11.8. The van der Waals surface area contributed by atoms with Gasteiger partial charge < -0.3 is 15.2 Å². The van der Waals surface area contributed by atoms with Crippen molar-refractivity contribution in [1.29, 1.82) is 0 Å². The number of carboxylic acids is 1. The van der Waals surface area contributed by atoms with Crippen molar-refractivity contribution in [1.82, 2.24) is 4.98 Å². The van der Waals surface area contributed by atoms with E-state index in [2.05, 4.69) is 4.98 Å². The van der Waals surface area contributed by atoms with Crippen molar-refractivity contribution in [3.63, 3.8) is 0 Å². The molecule has 0 amide bonds. The number of aliphatic carboxylic acids is 1. The maximum atomic E-state index is 12.0. The SMILES string of the molecule is O=C(O)CCCCCCc1[nH]c2ccccc2c(=O)c1O. The molecule has 0 bridgehead atoms. The molecule has 1 aromatic carbocycles. The molecule has 0 aliphatic rings. The Morgan fingerprint density at radius 3 is 2.57 bits per heavy atom. The first kappa shape index (κ1) is 15.1. The Balaban J connectivity index is 1.98. The lowest BCUT2D eigenvalue weighted by Gasteiger charge is -2.07. The Bertz CT molecular complexity index is 690. The lowest BCUT2D eigenvalue weighted by molar-refractivity contribution is -0.137. The van der Waals surface area contributed by atoms with Crippen LogP contribution in [0.3, 0.4) is 0 Å². The number of H-pyrrole nitrogens is 1. The van der Waals surface area contributed by atoms with E-state index in [4.69, 9.17) is 5.11 Å². The lowest BCUT2D eigenvalue weighted by Crippen LogP contribution is -2.07. The van der Waals surface area contributed by atoms with Gasteiger partial charge in [-0.1, -0.05) is 25.0 Å². The first-order valence-electron chi connectivity index (χ1n) is 7.14. The number of benzene rings is 1. The number of pyridine rings is 1. The van der Waals surface area contributed by atoms with Gasteiger partial charge in [-0.2, -0.15) is 0 Å². The summed E-state index contributed by atoms with van der Waals surface area (Å²) in [4.78, 5) is 25.5. The van der Waals surface area contributed by atoms with Gasteiger partial charge in [-0.05, 0) is 31.4 Å². The van der Waals surface area contributed by atoms with Crippen molar-refractivity contribution in [2.75, 3.05) is 0 Å². The lowest BCUT2D eigenvalue weighted by atomic mass is 10.1. The Labute approximate surface area is 122 Å². The highest BCUT2D eigenvalue weighted by Crippen LogP contribution is 2.18. The number of rotatable bonds is 7. The van der Waals surface area contributed by atoms with Crippen molar-refractivity contribution >= 4 is 16.9 Å². The molecule has 0 aliphatic carbocycles. The summed E-state index contributed by atoms with van der Waals surface area (Å²) < 4.78 is 0. The molecule has 21 heavy (non-hydrogen) atoms. The van der Waals surface area contributed by atoms with Crippen molar-refractivity contribution in [3.8, 4) is 5.75 Å². The predicted molar refractivity (Wildman–Crippen MR) is 80.7 cm³/mol. The van der Waals surface area contributed by atoms with E-state index in [1.54, 1.807) is 12.1 Å². The van der Waals surface area contributed by atoms with E-state index in [0.29, 0.717) is 23.9 Å². The maximum Gasteiger partial charge on any atom is 0.303 e. The van der Waals surface area contributed by atoms with Gasteiger partial charge in [-0.25, -0.2) is 0 Å². The van der Waals surface area contributed by atoms with Crippen molar-refractivity contribution in [3.05, 3.63) is 40.2 Å². The molecule has 0 fully saturated rings. The monoisotopic (exact) mass is 289 g/mol. The fraction of sp³-hybridized carbons (Fsp3) is 0.375. The smallest absolute Gasteiger partial charge is 0.303 e. The summed E-state index contributed by atoms with van der Waals surface area (Å²) in [7, 11) is 0. The summed E-state index contributed by atoms with van der Waals surface area (Å²) in [5.41, 5.74) is 0.934. The number of aromatic hydroxyl groups is 1. The zero-order chi connectivity index (χ0) is 15.2. The van der Waals surface area contributed by atoms with Gasteiger partial charge in [0.1, 0.15) is 0 Å². The van der Waals surface area contributed by atoms with Crippen molar-refractivity contribution in [2.45, 2.75) is 38.5 Å².